The first-order valence-corrected chi connectivity index (χ1v) is 5.13. The molecule has 1 aromatic carbocycles. The van der Waals surface area contributed by atoms with Gasteiger partial charge < -0.3 is 0 Å². The van der Waals surface area contributed by atoms with Crippen LogP contribution in [0.4, 0.5) is 0 Å². The molecule has 0 aliphatic carbocycles. The molecule has 0 saturated carbocycles. The largest absolute Gasteiger partial charge is 0.244 e. The van der Waals surface area contributed by atoms with E-state index in [9.17, 15) is 0 Å². The van der Waals surface area contributed by atoms with E-state index in [2.05, 4.69) is 20.9 Å². The van der Waals surface area contributed by atoms with E-state index in [1.54, 1.807) is 6.20 Å². The van der Waals surface area contributed by atoms with Crippen molar-refractivity contribution < 1.29 is 0 Å². The van der Waals surface area contributed by atoms with Crippen molar-refractivity contribution in [2.45, 2.75) is 0 Å². The van der Waals surface area contributed by atoms with Gasteiger partial charge in [0.2, 0.25) is 0 Å². The summed E-state index contributed by atoms with van der Waals surface area (Å²) in [6, 6.07) is 5.52. The normalized spacial score (nSPS) is 10.7. The van der Waals surface area contributed by atoms with Gasteiger partial charge in [0.25, 0.3) is 0 Å². The topological polar surface area (TPSA) is 12.9 Å². The fourth-order valence-electron chi connectivity index (χ4n) is 1.18. The van der Waals surface area contributed by atoms with Crippen LogP contribution in [0.5, 0.6) is 0 Å². The number of pyridine rings is 1. The highest BCUT2D eigenvalue weighted by molar-refractivity contribution is 9.10. The first kappa shape index (κ1) is 9.25. The van der Waals surface area contributed by atoms with Crippen molar-refractivity contribution >= 4 is 49.9 Å². The average Bonchev–Trinajstić information content (AvgIpc) is 2.12. The Morgan fingerprint density at radius 3 is 2.62 bits per heavy atom. The summed E-state index contributed by atoms with van der Waals surface area (Å²) in [6.07, 6.45) is 1.64. The van der Waals surface area contributed by atoms with Gasteiger partial charge in [-0.15, -0.1) is 0 Å². The third kappa shape index (κ3) is 1.54. The van der Waals surface area contributed by atoms with Crippen molar-refractivity contribution in [1.82, 2.24) is 4.98 Å². The molecule has 0 aliphatic rings. The molecule has 0 radical (unpaired) electrons. The molecular formula is C9H4BrCl2N. The minimum atomic E-state index is 0.465. The molecule has 66 valence electrons. The minimum absolute atomic E-state index is 0.465. The maximum absolute atomic E-state index is 5.99. The van der Waals surface area contributed by atoms with Crippen LogP contribution in [0.15, 0.2) is 28.9 Å². The fraction of sp³-hybridized carbons (Fsp3) is 0. The molecule has 1 aromatic heterocycles. The van der Waals surface area contributed by atoms with E-state index in [0.717, 1.165) is 15.2 Å². The first-order valence-electron chi connectivity index (χ1n) is 3.58. The Hall–Kier alpha value is -0.310. The second kappa shape index (κ2) is 3.45. The number of benzene rings is 1. The molecule has 0 atom stereocenters. The molecule has 1 nitrogen and oxygen atoms in total. The van der Waals surface area contributed by atoms with Crippen LogP contribution in [0, 0.1) is 0 Å². The molecule has 2 aromatic rings. The molecule has 0 amide bonds. The summed E-state index contributed by atoms with van der Waals surface area (Å²) in [7, 11) is 0. The van der Waals surface area contributed by atoms with Crippen LogP contribution >= 0.6 is 39.1 Å². The minimum Gasteiger partial charge on any atom is -0.244 e. The quantitative estimate of drug-likeness (QED) is 0.654. The zero-order chi connectivity index (χ0) is 9.42. The van der Waals surface area contributed by atoms with E-state index >= 15 is 0 Å². The van der Waals surface area contributed by atoms with E-state index in [1.165, 1.54) is 0 Å². The SMILES string of the molecule is Clc1ccc(Br)c2c(Cl)nccc12. The Bertz CT molecular complexity index is 462. The first-order chi connectivity index (χ1) is 6.20. The van der Waals surface area contributed by atoms with Gasteiger partial charge in [0.15, 0.2) is 0 Å². The maximum atomic E-state index is 5.99. The van der Waals surface area contributed by atoms with Crippen LogP contribution in [0.25, 0.3) is 10.8 Å². The standard InChI is InChI=1S/C9H4BrCl2N/c10-6-1-2-7(11)5-3-4-13-9(12)8(5)6/h1-4H. The fourth-order valence-corrected chi connectivity index (χ4v) is 2.31. The number of aromatic nitrogens is 1. The van der Waals surface area contributed by atoms with Crippen LogP contribution in [0.1, 0.15) is 0 Å². The number of rotatable bonds is 0. The molecule has 0 aliphatic heterocycles. The number of hydrogen-bond acceptors (Lipinski definition) is 1. The number of hydrogen-bond donors (Lipinski definition) is 0. The molecule has 1 heterocycles. The van der Waals surface area contributed by atoms with Crippen molar-refractivity contribution in [2.24, 2.45) is 0 Å². The third-order valence-corrected chi connectivity index (χ3v) is 3.05. The Balaban J connectivity index is 3.00. The predicted octanol–water partition coefficient (Wildman–Crippen LogP) is 4.30. The maximum Gasteiger partial charge on any atom is 0.138 e. The van der Waals surface area contributed by atoms with Crippen LogP contribution in [0.3, 0.4) is 0 Å². The van der Waals surface area contributed by atoms with Gasteiger partial charge in [-0.2, -0.15) is 0 Å². The lowest BCUT2D eigenvalue weighted by atomic mass is 10.2. The van der Waals surface area contributed by atoms with Gasteiger partial charge in [0, 0.05) is 26.5 Å². The number of halogens is 3. The highest BCUT2D eigenvalue weighted by atomic mass is 79.9. The predicted molar refractivity (Wildman–Crippen MR) is 59.5 cm³/mol. The van der Waals surface area contributed by atoms with E-state index in [4.69, 9.17) is 23.2 Å². The van der Waals surface area contributed by atoms with E-state index in [1.807, 2.05) is 18.2 Å². The van der Waals surface area contributed by atoms with Crippen molar-refractivity contribution in [2.75, 3.05) is 0 Å². The molecule has 0 unspecified atom stereocenters. The second-order valence-electron chi connectivity index (χ2n) is 2.55. The summed E-state index contributed by atoms with van der Waals surface area (Å²) in [6.45, 7) is 0. The molecule has 0 fully saturated rings. The zero-order valence-corrected chi connectivity index (χ0v) is 9.49. The second-order valence-corrected chi connectivity index (χ2v) is 4.17. The van der Waals surface area contributed by atoms with Crippen molar-refractivity contribution in [3.63, 3.8) is 0 Å². The van der Waals surface area contributed by atoms with Gasteiger partial charge in [-0.3, -0.25) is 0 Å². The van der Waals surface area contributed by atoms with Crippen LogP contribution in [0.2, 0.25) is 10.2 Å². The van der Waals surface area contributed by atoms with Gasteiger partial charge >= 0.3 is 0 Å². The lowest BCUT2D eigenvalue weighted by Crippen LogP contribution is -1.81. The number of nitrogens with zero attached hydrogens (tertiary/aromatic N) is 1. The summed E-state index contributed by atoms with van der Waals surface area (Å²) >= 11 is 15.3. The lowest BCUT2D eigenvalue weighted by molar-refractivity contribution is 1.36. The highest BCUT2D eigenvalue weighted by Crippen LogP contribution is 2.33. The van der Waals surface area contributed by atoms with Crippen molar-refractivity contribution in [3.8, 4) is 0 Å². The molecule has 0 saturated heterocycles. The molecule has 13 heavy (non-hydrogen) atoms. The Morgan fingerprint density at radius 1 is 1.15 bits per heavy atom. The van der Waals surface area contributed by atoms with Gasteiger partial charge in [-0.1, -0.05) is 39.1 Å². The molecule has 0 bridgehead atoms. The molecule has 4 heteroatoms. The smallest absolute Gasteiger partial charge is 0.138 e. The van der Waals surface area contributed by atoms with E-state index in [0.29, 0.717) is 10.2 Å². The molecule has 2 rings (SSSR count). The third-order valence-electron chi connectivity index (χ3n) is 1.78. The van der Waals surface area contributed by atoms with Crippen molar-refractivity contribution in [1.29, 1.82) is 0 Å². The van der Waals surface area contributed by atoms with Gasteiger partial charge in [-0.25, -0.2) is 4.98 Å². The summed E-state index contributed by atoms with van der Waals surface area (Å²) in [5, 5.41) is 2.92. The summed E-state index contributed by atoms with van der Waals surface area (Å²) in [4.78, 5) is 3.99. The zero-order valence-electron chi connectivity index (χ0n) is 6.39. The molecular weight excluding hydrogens is 273 g/mol. The van der Waals surface area contributed by atoms with E-state index in [-0.39, 0.29) is 0 Å². The molecule has 0 spiro atoms. The summed E-state index contributed by atoms with van der Waals surface area (Å²) < 4.78 is 0.907. The Kier molecular flexibility index (Phi) is 2.45. The van der Waals surface area contributed by atoms with Gasteiger partial charge in [0.05, 0.1) is 0 Å². The average molecular weight is 277 g/mol. The lowest BCUT2D eigenvalue weighted by Gasteiger charge is -2.03. The van der Waals surface area contributed by atoms with Gasteiger partial charge in [-0.05, 0) is 18.2 Å². The van der Waals surface area contributed by atoms with Crippen LogP contribution in [-0.4, -0.2) is 4.98 Å². The Morgan fingerprint density at radius 2 is 1.92 bits per heavy atom. The summed E-state index contributed by atoms with van der Waals surface area (Å²) in [5.74, 6) is 0. The van der Waals surface area contributed by atoms with E-state index < -0.39 is 0 Å². The number of fused-ring (bicyclic) bond motifs is 1. The molecule has 0 N–H and O–H groups in total. The summed E-state index contributed by atoms with van der Waals surface area (Å²) in [5.41, 5.74) is 0. The Labute approximate surface area is 93.8 Å². The van der Waals surface area contributed by atoms with Crippen LogP contribution < -0.4 is 0 Å². The van der Waals surface area contributed by atoms with Gasteiger partial charge in [0.1, 0.15) is 5.15 Å². The monoisotopic (exact) mass is 275 g/mol. The van der Waals surface area contributed by atoms with Crippen LogP contribution in [-0.2, 0) is 0 Å². The van der Waals surface area contributed by atoms with Crippen molar-refractivity contribution in [3.05, 3.63) is 39.0 Å². The highest BCUT2D eigenvalue weighted by Gasteiger charge is 2.06.